The highest BCUT2D eigenvalue weighted by Gasteiger charge is 1.96. The molecule has 0 saturated heterocycles. The molecule has 0 nitrogen and oxygen atoms in total. The Bertz CT molecular complexity index is 61.4. The van der Waals surface area contributed by atoms with Crippen molar-refractivity contribution in [2.45, 2.75) is 59.1 Å². The molecule has 1 heteroatoms. The Morgan fingerprint density at radius 3 is 1.27 bits per heavy atom. The number of thiol groups is 1. The molecule has 11 heavy (non-hydrogen) atoms. The molecule has 0 aromatic carbocycles. The first kappa shape index (κ1) is 13.9. The summed E-state index contributed by atoms with van der Waals surface area (Å²) in [6.45, 7) is 12.9. The van der Waals surface area contributed by atoms with Gasteiger partial charge in [0.15, 0.2) is 0 Å². The molecule has 0 aliphatic heterocycles. The highest BCUT2D eigenvalue weighted by Crippen LogP contribution is 2.07. The lowest BCUT2D eigenvalue weighted by molar-refractivity contribution is 0.544. The van der Waals surface area contributed by atoms with Crippen molar-refractivity contribution >= 4 is 12.6 Å². The Labute approximate surface area is 78.2 Å². The molecule has 0 atom stereocenters. The first-order valence-electron chi connectivity index (χ1n) is 4.53. The van der Waals surface area contributed by atoms with Crippen molar-refractivity contribution in [2.75, 3.05) is 0 Å². The van der Waals surface area contributed by atoms with E-state index < -0.39 is 0 Å². The van der Waals surface area contributed by atoms with E-state index in [2.05, 4.69) is 54.2 Å². The predicted molar refractivity (Wildman–Crippen MR) is 58.5 cm³/mol. The molecule has 0 spiro atoms. The Morgan fingerprint density at radius 2 is 1.27 bits per heavy atom. The fourth-order valence-electron chi connectivity index (χ4n) is 0.289. The van der Waals surface area contributed by atoms with Crippen molar-refractivity contribution in [1.82, 2.24) is 0 Å². The molecular formula is C10H24S. The molecule has 0 aromatic heterocycles. The summed E-state index contributed by atoms with van der Waals surface area (Å²) in [5.74, 6) is 0.935. The topological polar surface area (TPSA) is 0 Å². The zero-order chi connectivity index (χ0) is 9.49. The minimum Gasteiger partial charge on any atom is -0.173 e. The molecule has 0 N–H and O–H groups in total. The van der Waals surface area contributed by atoms with Crippen LogP contribution in [0.5, 0.6) is 0 Å². The van der Waals surface area contributed by atoms with Gasteiger partial charge in [0.05, 0.1) is 0 Å². The number of rotatable bonds is 2. The average molecular weight is 176 g/mol. The fraction of sp³-hybridized carbons (Fsp3) is 1.00. The zero-order valence-corrected chi connectivity index (χ0v) is 9.83. The monoisotopic (exact) mass is 176 g/mol. The van der Waals surface area contributed by atoms with Crippen LogP contribution >= 0.6 is 12.6 Å². The van der Waals surface area contributed by atoms with Crippen LogP contribution in [0.15, 0.2) is 0 Å². The molecule has 0 unspecified atom stereocenters. The summed E-state index contributed by atoms with van der Waals surface area (Å²) in [5.41, 5.74) is 0. The van der Waals surface area contributed by atoms with E-state index in [0.717, 1.165) is 5.92 Å². The zero-order valence-electron chi connectivity index (χ0n) is 8.94. The summed E-state index contributed by atoms with van der Waals surface area (Å²) < 4.78 is 0.194. The van der Waals surface area contributed by atoms with E-state index >= 15 is 0 Å². The second-order valence-electron chi connectivity index (χ2n) is 4.09. The van der Waals surface area contributed by atoms with Crippen LogP contribution in [0.3, 0.4) is 0 Å². The van der Waals surface area contributed by atoms with Gasteiger partial charge >= 0.3 is 0 Å². The quantitative estimate of drug-likeness (QED) is 0.600. The van der Waals surface area contributed by atoms with E-state index in [9.17, 15) is 0 Å². The summed E-state index contributed by atoms with van der Waals surface area (Å²) in [7, 11) is 0. The van der Waals surface area contributed by atoms with Crippen LogP contribution in [0.4, 0.5) is 0 Å². The predicted octanol–water partition coefficient (Wildman–Crippen LogP) is 4.16. The Kier molecular flexibility index (Phi) is 8.88. The van der Waals surface area contributed by atoms with Crippen molar-refractivity contribution in [2.24, 2.45) is 5.92 Å². The van der Waals surface area contributed by atoms with E-state index in [0.29, 0.717) is 0 Å². The van der Waals surface area contributed by atoms with Gasteiger partial charge in [-0.2, -0.15) is 12.6 Å². The molecule has 0 aliphatic carbocycles. The highest BCUT2D eigenvalue weighted by molar-refractivity contribution is 7.81. The van der Waals surface area contributed by atoms with Crippen molar-refractivity contribution < 1.29 is 0 Å². The van der Waals surface area contributed by atoms with Gasteiger partial charge in [-0.3, -0.25) is 0 Å². The van der Waals surface area contributed by atoms with Crippen molar-refractivity contribution in [3.05, 3.63) is 0 Å². The average Bonchev–Trinajstić information content (AvgIpc) is 1.83. The Hall–Kier alpha value is 0.350. The summed E-state index contributed by atoms with van der Waals surface area (Å²) in [4.78, 5) is 0. The summed E-state index contributed by atoms with van der Waals surface area (Å²) in [6.07, 6.45) is 2.66. The molecule has 0 bridgehead atoms. The van der Waals surface area contributed by atoms with Crippen molar-refractivity contribution in [1.29, 1.82) is 0 Å². The summed E-state index contributed by atoms with van der Waals surface area (Å²) >= 11 is 4.12. The van der Waals surface area contributed by atoms with Gasteiger partial charge in [-0.15, -0.1) is 0 Å². The maximum absolute atomic E-state index is 4.12. The summed E-state index contributed by atoms with van der Waals surface area (Å²) in [6, 6.07) is 0. The molecule has 70 valence electrons. The fourth-order valence-corrected chi connectivity index (χ4v) is 0.289. The number of hydrogen-bond donors (Lipinski definition) is 1. The first-order valence-corrected chi connectivity index (χ1v) is 4.98. The first-order chi connectivity index (χ1) is 4.81. The third-order valence-corrected chi connectivity index (χ3v) is 1.39. The van der Waals surface area contributed by atoms with Gasteiger partial charge < -0.3 is 0 Å². The van der Waals surface area contributed by atoms with Crippen LogP contribution in [0, 0.1) is 5.92 Å². The van der Waals surface area contributed by atoms with E-state index in [-0.39, 0.29) is 4.75 Å². The second-order valence-corrected chi connectivity index (χ2v) is 5.43. The minimum atomic E-state index is 0.194. The summed E-state index contributed by atoms with van der Waals surface area (Å²) in [5, 5.41) is 0. The molecule has 0 radical (unpaired) electrons. The van der Waals surface area contributed by atoms with E-state index in [1.807, 2.05) is 0 Å². The molecule has 0 rings (SSSR count). The third-order valence-electron chi connectivity index (χ3n) is 1.39. The van der Waals surface area contributed by atoms with Crippen LogP contribution < -0.4 is 0 Å². The molecule has 0 aliphatic rings. The van der Waals surface area contributed by atoms with Crippen molar-refractivity contribution in [3.8, 4) is 0 Å². The van der Waals surface area contributed by atoms with Crippen molar-refractivity contribution in [3.63, 3.8) is 0 Å². The Morgan fingerprint density at radius 1 is 1.09 bits per heavy atom. The molecule has 0 aromatic rings. The van der Waals surface area contributed by atoms with Gasteiger partial charge in [-0.1, -0.05) is 54.4 Å². The molecule has 0 saturated carbocycles. The normalized spacial score (nSPS) is 10.9. The van der Waals surface area contributed by atoms with Crippen LogP contribution in [0.25, 0.3) is 0 Å². The largest absolute Gasteiger partial charge is 0.173 e. The van der Waals surface area contributed by atoms with Gasteiger partial charge in [-0.25, -0.2) is 0 Å². The molecule has 0 heterocycles. The van der Waals surface area contributed by atoms with Crippen LogP contribution in [-0.2, 0) is 0 Å². The van der Waals surface area contributed by atoms with Crippen LogP contribution in [0.2, 0.25) is 0 Å². The number of hydrogen-bond acceptors (Lipinski definition) is 1. The smallest absolute Gasteiger partial charge is 0.00449 e. The highest BCUT2D eigenvalue weighted by atomic mass is 32.1. The lowest BCUT2D eigenvalue weighted by Crippen LogP contribution is -1.99. The van der Waals surface area contributed by atoms with E-state index in [1.165, 1.54) is 12.8 Å². The standard InChI is InChI=1S/C6H14.C4H10S/c1-4-6(3)5-2;1-4(2,3)5/h6H,4-5H2,1-3H3;5H,1-3H3. The van der Waals surface area contributed by atoms with Gasteiger partial charge in [0.2, 0.25) is 0 Å². The minimum absolute atomic E-state index is 0.194. The second kappa shape index (κ2) is 7.02. The van der Waals surface area contributed by atoms with E-state index in [1.54, 1.807) is 0 Å². The van der Waals surface area contributed by atoms with Crippen LogP contribution in [0.1, 0.15) is 54.4 Å². The maximum Gasteiger partial charge on any atom is 0.00449 e. The maximum atomic E-state index is 4.12. The Balaban J connectivity index is 0. The van der Waals surface area contributed by atoms with Crippen LogP contribution in [-0.4, -0.2) is 4.75 Å². The van der Waals surface area contributed by atoms with Gasteiger partial charge in [0, 0.05) is 4.75 Å². The molecule has 0 fully saturated rings. The van der Waals surface area contributed by atoms with E-state index in [4.69, 9.17) is 0 Å². The molecular weight excluding hydrogens is 152 g/mol. The van der Waals surface area contributed by atoms with Gasteiger partial charge in [0.1, 0.15) is 0 Å². The SMILES string of the molecule is CC(C)(C)S.CCC(C)CC. The van der Waals surface area contributed by atoms with Gasteiger partial charge in [-0.05, 0) is 5.92 Å². The lowest BCUT2D eigenvalue weighted by Gasteiger charge is -2.04. The molecule has 0 amide bonds. The van der Waals surface area contributed by atoms with Gasteiger partial charge in [0.25, 0.3) is 0 Å². The lowest BCUT2D eigenvalue weighted by atomic mass is 10.1. The third kappa shape index (κ3) is 38.1.